The average molecular weight is 377 g/mol. The van der Waals surface area contributed by atoms with E-state index in [2.05, 4.69) is 40.3 Å². The first-order valence-corrected chi connectivity index (χ1v) is 10.4. The number of piperidine rings is 2. The van der Waals surface area contributed by atoms with Gasteiger partial charge in [-0.3, -0.25) is 4.98 Å². The molecular weight excluding hydrogens is 348 g/mol. The summed E-state index contributed by atoms with van der Waals surface area (Å²) in [6.45, 7) is 8.60. The van der Waals surface area contributed by atoms with Crippen molar-refractivity contribution in [3.05, 3.63) is 41.9 Å². The molecule has 5 heterocycles. The fraction of sp³-hybridized carbons (Fsp3) is 0.500. The molecule has 0 amide bonds. The third-order valence-electron chi connectivity index (χ3n) is 6.52. The first kappa shape index (κ1) is 17.6. The Morgan fingerprint density at radius 3 is 2.68 bits per heavy atom. The molecule has 0 radical (unpaired) electrons. The van der Waals surface area contributed by atoms with Gasteiger partial charge < -0.3 is 10.2 Å². The highest BCUT2D eigenvalue weighted by atomic mass is 15.3. The molecule has 0 aromatic carbocycles. The van der Waals surface area contributed by atoms with E-state index in [-0.39, 0.29) is 0 Å². The van der Waals surface area contributed by atoms with Crippen LogP contribution in [0.25, 0.3) is 16.9 Å². The number of anilines is 1. The highest BCUT2D eigenvalue weighted by Gasteiger charge is 2.36. The molecule has 1 N–H and O–H groups in total. The van der Waals surface area contributed by atoms with Crippen molar-refractivity contribution in [1.29, 1.82) is 0 Å². The van der Waals surface area contributed by atoms with Crippen LogP contribution in [0.1, 0.15) is 37.1 Å². The van der Waals surface area contributed by atoms with Crippen molar-refractivity contribution in [2.75, 3.05) is 31.1 Å². The lowest BCUT2D eigenvalue weighted by Crippen LogP contribution is -2.48. The average Bonchev–Trinajstić information content (AvgIpc) is 3.04. The highest BCUT2D eigenvalue weighted by Crippen LogP contribution is 2.38. The lowest BCUT2D eigenvalue weighted by molar-refractivity contribution is 0.161. The number of nitrogens with zero attached hydrogens (tertiary/aromatic N) is 5. The minimum absolute atomic E-state index is 0.504. The van der Waals surface area contributed by atoms with Gasteiger partial charge in [-0.15, -0.1) is 5.10 Å². The zero-order chi connectivity index (χ0) is 19.1. The van der Waals surface area contributed by atoms with Crippen molar-refractivity contribution in [1.82, 2.24) is 24.9 Å². The topological polar surface area (TPSA) is 58.4 Å². The standard InChI is InChI=1S/C22H28N6/c1-16-14-18(6-11-24-16)21-17(2)25-19-4-5-20(26-28(19)21)27-12-8-22(9-13-27)7-3-10-23-15-22/h4-6,11,14,23H,3,7-10,12-13,15H2,1-2H3. The van der Waals surface area contributed by atoms with Crippen LogP contribution in [0, 0.1) is 19.3 Å². The van der Waals surface area contributed by atoms with Gasteiger partial charge in [0.25, 0.3) is 0 Å². The van der Waals surface area contributed by atoms with Gasteiger partial charge in [0.2, 0.25) is 0 Å². The van der Waals surface area contributed by atoms with E-state index in [1.165, 1.54) is 38.8 Å². The SMILES string of the molecule is Cc1cc(-c2c(C)nc3ccc(N4CCC5(CCCNC5)CC4)nn23)ccn1. The zero-order valence-electron chi connectivity index (χ0n) is 16.8. The summed E-state index contributed by atoms with van der Waals surface area (Å²) in [6.07, 6.45) is 7.04. The Hall–Kier alpha value is -2.47. The van der Waals surface area contributed by atoms with Gasteiger partial charge in [0.05, 0.1) is 11.4 Å². The Morgan fingerprint density at radius 1 is 1.07 bits per heavy atom. The van der Waals surface area contributed by atoms with Crippen LogP contribution in [0.5, 0.6) is 0 Å². The van der Waals surface area contributed by atoms with Crippen LogP contribution in [0.15, 0.2) is 30.5 Å². The molecule has 3 aromatic rings. The maximum Gasteiger partial charge on any atom is 0.154 e. The molecule has 2 aliphatic heterocycles. The van der Waals surface area contributed by atoms with E-state index in [1.807, 2.05) is 23.7 Å². The van der Waals surface area contributed by atoms with E-state index in [0.717, 1.165) is 47.2 Å². The second-order valence-corrected chi connectivity index (χ2v) is 8.46. The Bertz CT molecular complexity index is 991. The van der Waals surface area contributed by atoms with E-state index in [9.17, 15) is 0 Å². The fourth-order valence-corrected chi connectivity index (χ4v) is 4.89. The zero-order valence-corrected chi connectivity index (χ0v) is 16.8. The monoisotopic (exact) mass is 376 g/mol. The van der Waals surface area contributed by atoms with Gasteiger partial charge in [0, 0.05) is 37.1 Å². The van der Waals surface area contributed by atoms with Crippen LogP contribution < -0.4 is 10.2 Å². The summed E-state index contributed by atoms with van der Waals surface area (Å²) in [4.78, 5) is 11.5. The van der Waals surface area contributed by atoms with E-state index in [0.29, 0.717) is 5.41 Å². The van der Waals surface area contributed by atoms with E-state index in [1.54, 1.807) is 0 Å². The number of fused-ring (bicyclic) bond motifs is 1. The largest absolute Gasteiger partial charge is 0.355 e. The molecule has 2 aliphatic rings. The van der Waals surface area contributed by atoms with Crippen molar-refractivity contribution in [2.24, 2.45) is 5.41 Å². The molecule has 146 valence electrons. The summed E-state index contributed by atoms with van der Waals surface area (Å²) in [5.74, 6) is 1.05. The quantitative estimate of drug-likeness (QED) is 0.743. The second kappa shape index (κ2) is 6.85. The molecule has 0 unspecified atom stereocenters. The summed E-state index contributed by atoms with van der Waals surface area (Å²) >= 11 is 0. The van der Waals surface area contributed by atoms with Crippen LogP contribution in [-0.4, -0.2) is 45.8 Å². The third kappa shape index (κ3) is 3.05. The van der Waals surface area contributed by atoms with Crippen molar-refractivity contribution >= 4 is 11.5 Å². The molecule has 1 spiro atoms. The molecule has 0 saturated carbocycles. The van der Waals surface area contributed by atoms with Gasteiger partial charge in [-0.25, -0.2) is 9.50 Å². The minimum atomic E-state index is 0.504. The molecule has 6 nitrogen and oxygen atoms in total. The molecule has 28 heavy (non-hydrogen) atoms. The predicted octanol–water partition coefficient (Wildman–Crippen LogP) is 3.38. The number of nitrogens with one attached hydrogen (secondary N) is 1. The summed E-state index contributed by atoms with van der Waals surface area (Å²) < 4.78 is 2.01. The summed E-state index contributed by atoms with van der Waals surface area (Å²) in [5, 5.41) is 8.61. The van der Waals surface area contributed by atoms with Crippen molar-refractivity contribution < 1.29 is 0 Å². The lowest BCUT2D eigenvalue weighted by atomic mass is 9.73. The van der Waals surface area contributed by atoms with Crippen molar-refractivity contribution in [2.45, 2.75) is 39.5 Å². The molecule has 2 saturated heterocycles. The van der Waals surface area contributed by atoms with Gasteiger partial charge in [-0.1, -0.05) is 0 Å². The Morgan fingerprint density at radius 2 is 1.93 bits per heavy atom. The number of aryl methyl sites for hydroxylation is 2. The normalized spacial score (nSPS) is 19.4. The van der Waals surface area contributed by atoms with Gasteiger partial charge in [-0.05, 0) is 75.8 Å². The molecule has 0 aliphatic carbocycles. The van der Waals surface area contributed by atoms with Gasteiger partial charge in [0.15, 0.2) is 5.65 Å². The first-order chi connectivity index (χ1) is 13.6. The first-order valence-electron chi connectivity index (χ1n) is 10.4. The van der Waals surface area contributed by atoms with Crippen LogP contribution in [0.4, 0.5) is 5.82 Å². The van der Waals surface area contributed by atoms with Gasteiger partial charge in [0.1, 0.15) is 5.82 Å². The number of aromatic nitrogens is 4. The van der Waals surface area contributed by atoms with Gasteiger partial charge in [-0.2, -0.15) is 0 Å². The van der Waals surface area contributed by atoms with E-state index < -0.39 is 0 Å². The smallest absolute Gasteiger partial charge is 0.154 e. The molecule has 6 heteroatoms. The van der Waals surface area contributed by atoms with Crippen LogP contribution in [-0.2, 0) is 0 Å². The Balaban J connectivity index is 1.46. The summed E-state index contributed by atoms with van der Waals surface area (Å²) in [7, 11) is 0. The number of hydrogen-bond donors (Lipinski definition) is 1. The molecular formula is C22H28N6. The summed E-state index contributed by atoms with van der Waals surface area (Å²) in [6, 6.07) is 8.37. The molecule has 0 bridgehead atoms. The fourth-order valence-electron chi connectivity index (χ4n) is 4.89. The van der Waals surface area contributed by atoms with Crippen LogP contribution in [0.3, 0.4) is 0 Å². The number of rotatable bonds is 2. The molecule has 3 aromatic heterocycles. The van der Waals surface area contributed by atoms with Crippen molar-refractivity contribution in [3.8, 4) is 11.3 Å². The van der Waals surface area contributed by atoms with Crippen molar-refractivity contribution in [3.63, 3.8) is 0 Å². The lowest BCUT2D eigenvalue weighted by Gasteiger charge is -2.44. The third-order valence-corrected chi connectivity index (χ3v) is 6.52. The molecule has 0 atom stereocenters. The van der Waals surface area contributed by atoms with Gasteiger partial charge >= 0.3 is 0 Å². The second-order valence-electron chi connectivity index (χ2n) is 8.46. The number of pyridine rings is 1. The molecule has 2 fully saturated rings. The Labute approximate surface area is 166 Å². The molecule has 5 rings (SSSR count). The van der Waals surface area contributed by atoms with Crippen LogP contribution >= 0.6 is 0 Å². The number of imidazole rings is 1. The highest BCUT2D eigenvalue weighted by molar-refractivity contribution is 5.67. The van der Waals surface area contributed by atoms with Crippen LogP contribution in [0.2, 0.25) is 0 Å². The maximum absolute atomic E-state index is 5.00. The summed E-state index contributed by atoms with van der Waals surface area (Å²) in [5.41, 5.74) is 5.59. The Kier molecular flexibility index (Phi) is 4.31. The minimum Gasteiger partial charge on any atom is -0.355 e. The van der Waals surface area contributed by atoms with E-state index in [4.69, 9.17) is 10.1 Å². The number of hydrogen-bond acceptors (Lipinski definition) is 5. The predicted molar refractivity (Wildman–Crippen MR) is 112 cm³/mol. The van der Waals surface area contributed by atoms with E-state index >= 15 is 0 Å². The maximum atomic E-state index is 5.00.